The van der Waals surface area contributed by atoms with Crippen molar-refractivity contribution in [2.45, 2.75) is 18.9 Å². The van der Waals surface area contributed by atoms with Gasteiger partial charge in [-0.05, 0) is 48.4 Å². The third-order valence-corrected chi connectivity index (χ3v) is 7.76. The Labute approximate surface area is 209 Å². The van der Waals surface area contributed by atoms with Crippen molar-refractivity contribution in [3.63, 3.8) is 0 Å². The average Bonchev–Trinajstić information content (AvgIpc) is 2.77. The normalized spacial score (nSPS) is 26.2. The Hall–Kier alpha value is -1.33. The van der Waals surface area contributed by atoms with Gasteiger partial charge in [0.25, 0.3) is 0 Å². The Bertz CT molecular complexity index is 1070. The van der Waals surface area contributed by atoms with E-state index in [1.165, 1.54) is 6.08 Å². The van der Waals surface area contributed by atoms with Gasteiger partial charge < -0.3 is 9.59 Å². The number of carbonyl (C=O) groups excluding carboxylic acids is 1. The molecule has 1 heterocycles. The van der Waals surface area contributed by atoms with Gasteiger partial charge in [-0.25, -0.2) is 0 Å². The van der Waals surface area contributed by atoms with E-state index in [-0.39, 0.29) is 5.78 Å². The average molecular weight is 514 g/mol. The molecule has 0 amide bonds. The second kappa shape index (κ2) is 10.3. The number of halogens is 4. The third-order valence-electron chi connectivity index (χ3n) is 6.28. The molecule has 1 saturated heterocycles. The number of carbonyl (C=O) groups is 1. The molecule has 1 N–H and O–H groups in total. The van der Waals surface area contributed by atoms with Crippen LogP contribution in [0.25, 0.3) is 12.2 Å². The van der Waals surface area contributed by atoms with Crippen molar-refractivity contribution in [1.29, 1.82) is 0 Å². The van der Waals surface area contributed by atoms with E-state index in [1.807, 2.05) is 6.07 Å². The summed E-state index contributed by atoms with van der Waals surface area (Å²) in [7, 11) is 2.12. The van der Waals surface area contributed by atoms with Crippen molar-refractivity contribution in [3.05, 3.63) is 79.8 Å². The first-order valence-electron chi connectivity index (χ1n) is 10.4. The summed E-state index contributed by atoms with van der Waals surface area (Å²) < 4.78 is 0.722. The number of hydrogen-bond donors (Lipinski definition) is 1. The zero-order valence-corrected chi connectivity index (χ0v) is 21.0. The molecule has 0 spiro atoms. The molecule has 0 saturated carbocycles. The number of likely N-dealkylation sites (tertiary alicyclic amines) is 1. The molecule has 170 valence electrons. The van der Waals surface area contributed by atoms with Crippen LogP contribution in [0.2, 0.25) is 20.1 Å². The fraction of sp³-hybridized carbons (Fsp3) is 0.320. The molecule has 3 rings (SSSR count). The highest BCUT2D eigenvalue weighted by molar-refractivity contribution is 6.42. The van der Waals surface area contributed by atoms with Gasteiger partial charge >= 0.3 is 0 Å². The van der Waals surface area contributed by atoms with Crippen molar-refractivity contribution >= 4 is 64.3 Å². The molecule has 32 heavy (non-hydrogen) atoms. The Morgan fingerprint density at radius 1 is 1.03 bits per heavy atom. The predicted octanol–water partition coefficient (Wildman–Crippen LogP) is 6.81. The van der Waals surface area contributed by atoms with Crippen LogP contribution in [-0.4, -0.2) is 47.7 Å². The molecular weight excluding hydrogens is 488 g/mol. The van der Waals surface area contributed by atoms with Crippen LogP contribution in [0.15, 0.2) is 48.6 Å². The van der Waals surface area contributed by atoms with Crippen molar-refractivity contribution in [2.24, 2.45) is 5.92 Å². The minimum absolute atomic E-state index is 0.130. The zero-order valence-electron chi connectivity index (χ0n) is 18.0. The van der Waals surface area contributed by atoms with Gasteiger partial charge in [-0.2, -0.15) is 0 Å². The first kappa shape index (κ1) is 25.3. The number of benzene rings is 2. The Morgan fingerprint density at radius 3 is 2.12 bits per heavy atom. The first-order chi connectivity index (χ1) is 15.0. The smallest absolute Gasteiger partial charge is 0.167 e. The van der Waals surface area contributed by atoms with Crippen molar-refractivity contribution in [2.75, 3.05) is 26.7 Å². The predicted molar refractivity (Wildman–Crippen MR) is 136 cm³/mol. The van der Waals surface area contributed by atoms with Crippen LogP contribution in [0.3, 0.4) is 0 Å². The lowest BCUT2D eigenvalue weighted by molar-refractivity contribution is -0.916. The number of hydrogen-bond acceptors (Lipinski definition) is 2. The van der Waals surface area contributed by atoms with E-state index in [1.54, 1.807) is 48.6 Å². The first-order valence-corrected chi connectivity index (χ1v) is 11.9. The summed E-state index contributed by atoms with van der Waals surface area (Å²) in [4.78, 5) is 13.3. The maximum atomic E-state index is 13.3. The van der Waals surface area contributed by atoms with Crippen LogP contribution in [0.5, 0.6) is 0 Å². The summed E-state index contributed by atoms with van der Waals surface area (Å²) in [6, 6.07) is 10.5. The lowest BCUT2D eigenvalue weighted by Crippen LogP contribution is -2.61. The standard InChI is InChI=1S/C25H26Cl4NO2/c1-3-30(2)13-12-25(32,11-10-18-5-8-21(27)23(29)15-18)19(16-30)24(31)9-6-17-4-7-20(26)22(28)14-17/h4-11,14-15,19,32H,3,12-13,16H2,1-2H3/q+1/b9-6+,11-10+. The van der Waals surface area contributed by atoms with Gasteiger partial charge in [0.05, 0.1) is 46.8 Å². The second-order valence-corrected chi connectivity index (χ2v) is 10.2. The van der Waals surface area contributed by atoms with Crippen LogP contribution in [-0.2, 0) is 4.79 Å². The number of ketones is 1. The molecule has 3 atom stereocenters. The summed E-state index contributed by atoms with van der Waals surface area (Å²) in [5, 5.41) is 13.3. The van der Waals surface area contributed by atoms with Gasteiger partial charge in [0.1, 0.15) is 11.5 Å². The molecule has 2 aromatic carbocycles. The molecule has 2 aromatic rings. The van der Waals surface area contributed by atoms with Crippen LogP contribution in [0, 0.1) is 5.92 Å². The fourth-order valence-electron chi connectivity index (χ4n) is 3.90. The van der Waals surface area contributed by atoms with Gasteiger partial charge in [-0.3, -0.25) is 4.79 Å². The Balaban J connectivity index is 1.88. The van der Waals surface area contributed by atoms with E-state index in [0.717, 1.165) is 28.7 Å². The van der Waals surface area contributed by atoms with Crippen LogP contribution >= 0.6 is 46.4 Å². The molecule has 0 radical (unpaired) electrons. The van der Waals surface area contributed by atoms with E-state index >= 15 is 0 Å². The fourth-order valence-corrected chi connectivity index (χ4v) is 4.52. The Morgan fingerprint density at radius 2 is 1.59 bits per heavy atom. The van der Waals surface area contributed by atoms with E-state index in [2.05, 4.69) is 14.0 Å². The van der Waals surface area contributed by atoms with Crippen LogP contribution in [0.4, 0.5) is 0 Å². The van der Waals surface area contributed by atoms with Gasteiger partial charge in [0, 0.05) is 6.42 Å². The summed E-state index contributed by atoms with van der Waals surface area (Å²) in [6.45, 7) is 4.30. The van der Waals surface area contributed by atoms with Crippen molar-refractivity contribution in [1.82, 2.24) is 0 Å². The summed E-state index contributed by atoms with van der Waals surface area (Å²) in [6.07, 6.45) is 7.23. The van der Waals surface area contributed by atoms with Gasteiger partial charge in [0.15, 0.2) is 5.78 Å². The molecule has 3 nitrogen and oxygen atoms in total. The lowest BCUT2D eigenvalue weighted by Gasteiger charge is -2.46. The monoisotopic (exact) mass is 512 g/mol. The quantitative estimate of drug-likeness (QED) is 0.340. The molecule has 0 aliphatic carbocycles. The topological polar surface area (TPSA) is 37.3 Å². The maximum Gasteiger partial charge on any atom is 0.167 e. The third kappa shape index (κ3) is 5.96. The van der Waals surface area contributed by atoms with Crippen LogP contribution < -0.4 is 0 Å². The zero-order chi connectivity index (χ0) is 23.5. The molecule has 0 aromatic heterocycles. The highest BCUT2D eigenvalue weighted by Crippen LogP contribution is 2.35. The van der Waals surface area contributed by atoms with Crippen molar-refractivity contribution in [3.8, 4) is 0 Å². The number of quaternary nitrogens is 1. The molecule has 7 heteroatoms. The number of rotatable bonds is 6. The minimum Gasteiger partial charge on any atom is -0.385 e. The number of aliphatic hydroxyl groups is 1. The summed E-state index contributed by atoms with van der Waals surface area (Å²) in [5.41, 5.74) is 0.313. The molecule has 1 fully saturated rings. The van der Waals surface area contributed by atoms with E-state index in [0.29, 0.717) is 33.1 Å². The van der Waals surface area contributed by atoms with Crippen molar-refractivity contribution < 1.29 is 14.4 Å². The second-order valence-electron chi connectivity index (χ2n) is 8.55. The number of piperidine rings is 1. The molecule has 0 bridgehead atoms. The highest BCUT2D eigenvalue weighted by atomic mass is 35.5. The SMILES string of the molecule is CC[N+]1(C)CCC(O)(/C=C/c2ccc(Cl)c(Cl)c2)C(C(=O)/C=C/c2ccc(Cl)c(Cl)c2)C1. The van der Waals surface area contributed by atoms with Gasteiger partial charge in [-0.1, -0.05) is 76.8 Å². The van der Waals surface area contributed by atoms with E-state index < -0.39 is 11.5 Å². The Kier molecular flexibility index (Phi) is 8.14. The van der Waals surface area contributed by atoms with E-state index in [9.17, 15) is 9.90 Å². The van der Waals surface area contributed by atoms with Gasteiger partial charge in [0.2, 0.25) is 0 Å². The summed E-state index contributed by atoms with van der Waals surface area (Å²) >= 11 is 24.2. The van der Waals surface area contributed by atoms with Gasteiger partial charge in [-0.15, -0.1) is 0 Å². The summed E-state index contributed by atoms with van der Waals surface area (Å²) in [5.74, 6) is -0.714. The molecule has 1 aliphatic rings. The number of nitrogens with zero attached hydrogens (tertiary/aromatic N) is 1. The minimum atomic E-state index is -1.27. The molecular formula is C25H26Cl4NO2+. The lowest BCUT2D eigenvalue weighted by atomic mass is 9.76. The molecule has 1 aliphatic heterocycles. The highest BCUT2D eigenvalue weighted by Gasteiger charge is 2.48. The maximum absolute atomic E-state index is 13.3. The van der Waals surface area contributed by atoms with E-state index in [4.69, 9.17) is 46.4 Å². The molecule has 3 unspecified atom stereocenters. The number of allylic oxidation sites excluding steroid dienone is 1. The largest absolute Gasteiger partial charge is 0.385 e. The van der Waals surface area contributed by atoms with Crippen LogP contribution in [0.1, 0.15) is 24.5 Å².